The minimum atomic E-state index is -0.419. The zero-order chi connectivity index (χ0) is 16.2. The molecule has 0 fully saturated rings. The van der Waals surface area contributed by atoms with Crippen LogP contribution >= 0.6 is 15.9 Å². The predicted molar refractivity (Wildman–Crippen MR) is 93.8 cm³/mol. The molecule has 0 aromatic heterocycles. The summed E-state index contributed by atoms with van der Waals surface area (Å²) in [5.74, 6) is -0.359. The number of carbonyl (C=O) groups is 1. The second-order valence-electron chi connectivity index (χ2n) is 4.86. The summed E-state index contributed by atoms with van der Waals surface area (Å²) >= 11 is 3.22. The van der Waals surface area contributed by atoms with Gasteiger partial charge in [-0.1, -0.05) is 36.4 Å². The first-order chi connectivity index (χ1) is 11.1. The molecule has 0 unspecified atom stereocenters. The summed E-state index contributed by atoms with van der Waals surface area (Å²) in [5.41, 5.74) is 6.52. The first-order valence-electron chi connectivity index (χ1n) is 6.89. The van der Waals surface area contributed by atoms with Crippen LogP contribution in [0.1, 0.15) is 0 Å². The lowest BCUT2D eigenvalue weighted by atomic mass is 10.1. The number of anilines is 2. The van der Waals surface area contributed by atoms with E-state index in [2.05, 4.69) is 32.1 Å². The van der Waals surface area contributed by atoms with Gasteiger partial charge in [0.1, 0.15) is 5.82 Å². The van der Waals surface area contributed by atoms with Crippen molar-refractivity contribution in [2.24, 2.45) is 0 Å². The smallest absolute Gasteiger partial charge is 0.306 e. The molecule has 0 saturated carbocycles. The molecule has 0 aliphatic heterocycles. The molecular weight excluding hydrogens is 361 g/mol. The Morgan fingerprint density at radius 2 is 1.74 bits per heavy atom. The largest absolute Gasteiger partial charge is 0.337 e. The zero-order valence-corrected chi connectivity index (χ0v) is 13.5. The second kappa shape index (κ2) is 6.66. The number of urea groups is 1. The minimum Gasteiger partial charge on any atom is -0.306 e. The summed E-state index contributed by atoms with van der Waals surface area (Å²) in [6.45, 7) is 0. The monoisotopic (exact) mass is 373 g/mol. The number of hydrogen-bond acceptors (Lipinski definition) is 2. The van der Waals surface area contributed by atoms with E-state index in [9.17, 15) is 9.18 Å². The highest BCUT2D eigenvalue weighted by molar-refractivity contribution is 9.10. The number of halogens is 2. The highest BCUT2D eigenvalue weighted by atomic mass is 79.9. The summed E-state index contributed by atoms with van der Waals surface area (Å²) in [5, 5.41) is 4.78. The third-order valence-corrected chi connectivity index (χ3v) is 3.94. The average Bonchev–Trinajstić information content (AvgIpc) is 2.54. The lowest BCUT2D eigenvalue weighted by Gasteiger charge is -2.12. The summed E-state index contributed by atoms with van der Waals surface area (Å²) in [7, 11) is 0. The van der Waals surface area contributed by atoms with Crippen molar-refractivity contribution in [2.45, 2.75) is 0 Å². The Labute approximate surface area is 140 Å². The third-order valence-electron chi connectivity index (χ3n) is 3.28. The Kier molecular flexibility index (Phi) is 4.43. The maximum absolute atomic E-state index is 13.0. The molecule has 0 spiro atoms. The molecule has 116 valence electrons. The van der Waals surface area contributed by atoms with Gasteiger partial charge in [-0.15, -0.1) is 0 Å². The molecule has 3 rings (SSSR count). The first kappa shape index (κ1) is 15.3. The summed E-state index contributed by atoms with van der Waals surface area (Å²) in [4.78, 5) is 12.0. The van der Waals surface area contributed by atoms with Gasteiger partial charge in [0.2, 0.25) is 0 Å². The van der Waals surface area contributed by atoms with Crippen molar-refractivity contribution in [3.63, 3.8) is 0 Å². The van der Waals surface area contributed by atoms with E-state index in [0.717, 1.165) is 10.8 Å². The SMILES string of the molecule is O=C(NNc1ccc(F)cc1Br)Nc1cccc2ccccc12. The standard InChI is InChI=1S/C17H13BrFN3O/c18-14-10-12(19)8-9-16(14)21-22-17(23)20-15-7-3-5-11-4-1-2-6-13(11)15/h1-10,21H,(H2,20,22,23). The number of fused-ring (bicyclic) bond motifs is 1. The number of nitrogens with one attached hydrogen (secondary N) is 3. The molecule has 0 aliphatic rings. The Hall–Kier alpha value is -2.60. The third kappa shape index (κ3) is 3.60. The van der Waals surface area contributed by atoms with Crippen molar-refractivity contribution < 1.29 is 9.18 Å². The summed E-state index contributed by atoms with van der Waals surface area (Å²) in [6.07, 6.45) is 0. The number of amides is 2. The molecule has 23 heavy (non-hydrogen) atoms. The van der Waals surface area contributed by atoms with Crippen LogP contribution in [0.5, 0.6) is 0 Å². The number of hydrazine groups is 1. The minimum absolute atomic E-state index is 0.359. The first-order valence-corrected chi connectivity index (χ1v) is 7.68. The van der Waals surface area contributed by atoms with Crippen LogP contribution in [0.25, 0.3) is 10.8 Å². The van der Waals surface area contributed by atoms with E-state index in [0.29, 0.717) is 15.8 Å². The van der Waals surface area contributed by atoms with Crippen LogP contribution in [-0.4, -0.2) is 6.03 Å². The molecule has 6 heteroatoms. The van der Waals surface area contributed by atoms with E-state index < -0.39 is 6.03 Å². The number of carbonyl (C=O) groups excluding carboxylic acids is 1. The molecule has 3 aromatic rings. The maximum atomic E-state index is 13.0. The zero-order valence-electron chi connectivity index (χ0n) is 11.9. The van der Waals surface area contributed by atoms with Gasteiger partial charge >= 0.3 is 6.03 Å². The lowest BCUT2D eigenvalue weighted by molar-refractivity contribution is 0.254. The molecule has 3 N–H and O–H groups in total. The fraction of sp³-hybridized carbons (Fsp3) is 0. The van der Waals surface area contributed by atoms with Crippen LogP contribution < -0.4 is 16.2 Å². The average molecular weight is 374 g/mol. The van der Waals surface area contributed by atoms with Crippen LogP contribution in [-0.2, 0) is 0 Å². The van der Waals surface area contributed by atoms with Gasteiger partial charge in [0.25, 0.3) is 0 Å². The number of benzene rings is 3. The van der Waals surface area contributed by atoms with Crippen molar-refractivity contribution in [3.05, 3.63) is 71.0 Å². The molecule has 3 aromatic carbocycles. The van der Waals surface area contributed by atoms with Crippen molar-refractivity contribution in [1.29, 1.82) is 0 Å². The van der Waals surface area contributed by atoms with Crippen LogP contribution in [0, 0.1) is 5.82 Å². The summed E-state index contributed by atoms with van der Waals surface area (Å²) < 4.78 is 13.5. The number of rotatable bonds is 3. The van der Waals surface area contributed by atoms with E-state index >= 15 is 0 Å². The Bertz CT molecular complexity index is 864. The van der Waals surface area contributed by atoms with Gasteiger partial charge in [-0.25, -0.2) is 9.18 Å². The molecular formula is C17H13BrFN3O. The molecule has 0 atom stereocenters. The van der Waals surface area contributed by atoms with Gasteiger partial charge in [0.15, 0.2) is 0 Å². The fourth-order valence-electron chi connectivity index (χ4n) is 2.20. The van der Waals surface area contributed by atoms with Crippen LogP contribution in [0.2, 0.25) is 0 Å². The van der Waals surface area contributed by atoms with Crippen molar-refractivity contribution in [1.82, 2.24) is 5.43 Å². The normalized spacial score (nSPS) is 10.3. The topological polar surface area (TPSA) is 53.2 Å². The van der Waals surface area contributed by atoms with Crippen LogP contribution in [0.15, 0.2) is 65.1 Å². The molecule has 0 saturated heterocycles. The van der Waals surface area contributed by atoms with Gasteiger partial charge in [-0.3, -0.25) is 10.9 Å². The number of hydrogen-bond donors (Lipinski definition) is 3. The predicted octanol–water partition coefficient (Wildman–Crippen LogP) is 4.89. The van der Waals surface area contributed by atoms with Gasteiger partial charge in [0, 0.05) is 9.86 Å². The quantitative estimate of drug-likeness (QED) is 0.572. The Morgan fingerprint density at radius 3 is 2.57 bits per heavy atom. The summed E-state index contributed by atoms with van der Waals surface area (Å²) in [6, 6.07) is 17.2. The van der Waals surface area contributed by atoms with Gasteiger partial charge in [0.05, 0.1) is 11.4 Å². The van der Waals surface area contributed by atoms with E-state index in [-0.39, 0.29) is 5.82 Å². The fourth-order valence-corrected chi connectivity index (χ4v) is 2.65. The maximum Gasteiger partial charge on any atom is 0.337 e. The van der Waals surface area contributed by atoms with Crippen LogP contribution in [0.4, 0.5) is 20.6 Å². The highest BCUT2D eigenvalue weighted by Crippen LogP contribution is 2.24. The lowest BCUT2D eigenvalue weighted by Crippen LogP contribution is -2.33. The second-order valence-corrected chi connectivity index (χ2v) is 5.71. The van der Waals surface area contributed by atoms with E-state index in [1.807, 2.05) is 42.5 Å². The molecule has 4 nitrogen and oxygen atoms in total. The van der Waals surface area contributed by atoms with E-state index in [4.69, 9.17) is 0 Å². The molecule has 0 bridgehead atoms. The molecule has 0 heterocycles. The Balaban J connectivity index is 1.69. The van der Waals surface area contributed by atoms with Crippen LogP contribution in [0.3, 0.4) is 0 Å². The van der Waals surface area contributed by atoms with Crippen molar-refractivity contribution in [3.8, 4) is 0 Å². The van der Waals surface area contributed by atoms with Gasteiger partial charge in [-0.05, 0) is 45.6 Å². The Morgan fingerprint density at radius 1 is 0.957 bits per heavy atom. The van der Waals surface area contributed by atoms with E-state index in [1.165, 1.54) is 18.2 Å². The van der Waals surface area contributed by atoms with E-state index in [1.54, 1.807) is 0 Å². The molecule has 2 amide bonds. The van der Waals surface area contributed by atoms with Crippen molar-refractivity contribution in [2.75, 3.05) is 10.7 Å². The molecule has 0 radical (unpaired) electrons. The highest BCUT2D eigenvalue weighted by Gasteiger charge is 2.06. The van der Waals surface area contributed by atoms with Gasteiger partial charge < -0.3 is 5.32 Å². The van der Waals surface area contributed by atoms with Gasteiger partial charge in [-0.2, -0.15) is 0 Å². The molecule has 0 aliphatic carbocycles. The van der Waals surface area contributed by atoms with Crippen molar-refractivity contribution >= 4 is 44.1 Å².